The van der Waals surface area contributed by atoms with E-state index in [0.717, 1.165) is 0 Å². The van der Waals surface area contributed by atoms with E-state index in [-0.39, 0.29) is 18.0 Å². The summed E-state index contributed by atoms with van der Waals surface area (Å²) in [6.45, 7) is 2.02. The average Bonchev–Trinajstić information content (AvgIpc) is 2.36. The predicted octanol–water partition coefficient (Wildman–Crippen LogP) is 1.59. The van der Waals surface area contributed by atoms with Crippen LogP contribution in [-0.4, -0.2) is 28.8 Å². The van der Waals surface area contributed by atoms with Crippen molar-refractivity contribution in [2.24, 2.45) is 0 Å². The van der Waals surface area contributed by atoms with Crippen LogP contribution in [0.25, 0.3) is 0 Å². The number of carbonyl (C=O) groups is 2. The molecule has 5 nitrogen and oxygen atoms in total. The second-order valence-corrected chi connectivity index (χ2v) is 4.45. The van der Waals surface area contributed by atoms with Crippen LogP contribution in [-0.2, 0) is 20.7 Å². The molecule has 0 aliphatic rings. The lowest BCUT2D eigenvalue weighted by Gasteiger charge is -2.13. The summed E-state index contributed by atoms with van der Waals surface area (Å²) >= 11 is 4.11. The molecule has 1 rings (SSSR count). The number of hydrogen-bond donors (Lipinski definition) is 3. The van der Waals surface area contributed by atoms with Crippen LogP contribution in [0.3, 0.4) is 0 Å². The third-order valence-electron chi connectivity index (χ3n) is 2.56. The number of aryl methyl sites for hydroxylation is 1. The SMILES string of the molecule is CCOC(=O)CCc1ccc(S)cc1C(O)C(=O)O. The second-order valence-electron chi connectivity index (χ2n) is 3.93. The Morgan fingerprint density at radius 1 is 1.42 bits per heavy atom. The Morgan fingerprint density at radius 3 is 2.68 bits per heavy atom. The second kappa shape index (κ2) is 7.16. The van der Waals surface area contributed by atoms with Gasteiger partial charge in [-0.05, 0) is 36.6 Å². The molecule has 0 bridgehead atoms. The Hall–Kier alpha value is -1.53. The zero-order chi connectivity index (χ0) is 14.4. The molecule has 1 atom stereocenters. The van der Waals surface area contributed by atoms with Gasteiger partial charge in [-0.2, -0.15) is 0 Å². The topological polar surface area (TPSA) is 83.8 Å². The number of aliphatic hydroxyl groups is 1. The predicted molar refractivity (Wildman–Crippen MR) is 71.2 cm³/mol. The molecule has 0 aromatic heterocycles. The van der Waals surface area contributed by atoms with Gasteiger partial charge in [0.2, 0.25) is 0 Å². The van der Waals surface area contributed by atoms with E-state index in [2.05, 4.69) is 12.6 Å². The number of carboxylic acid groups (broad SMARTS) is 1. The molecule has 0 aliphatic heterocycles. The number of carbonyl (C=O) groups excluding carboxylic acids is 1. The Balaban J connectivity index is 2.88. The molecule has 0 saturated heterocycles. The maximum atomic E-state index is 11.3. The van der Waals surface area contributed by atoms with Crippen molar-refractivity contribution < 1.29 is 24.5 Å². The lowest BCUT2D eigenvalue weighted by molar-refractivity contribution is -0.147. The third kappa shape index (κ3) is 4.57. The van der Waals surface area contributed by atoms with Crippen molar-refractivity contribution in [1.29, 1.82) is 0 Å². The van der Waals surface area contributed by atoms with E-state index >= 15 is 0 Å². The average molecular weight is 284 g/mol. The Kier molecular flexibility index (Phi) is 5.85. The summed E-state index contributed by atoms with van der Waals surface area (Å²) in [6, 6.07) is 4.83. The highest BCUT2D eigenvalue weighted by molar-refractivity contribution is 7.80. The fourth-order valence-corrected chi connectivity index (χ4v) is 1.88. The Labute approximate surface area is 116 Å². The van der Waals surface area contributed by atoms with E-state index in [4.69, 9.17) is 9.84 Å². The molecule has 104 valence electrons. The minimum Gasteiger partial charge on any atom is -0.479 e. The van der Waals surface area contributed by atoms with Crippen molar-refractivity contribution in [3.8, 4) is 0 Å². The normalized spacial score (nSPS) is 11.9. The van der Waals surface area contributed by atoms with Crippen molar-refractivity contribution in [1.82, 2.24) is 0 Å². The van der Waals surface area contributed by atoms with Crippen LogP contribution >= 0.6 is 12.6 Å². The van der Waals surface area contributed by atoms with E-state index in [9.17, 15) is 14.7 Å². The van der Waals surface area contributed by atoms with Crippen LogP contribution in [0.5, 0.6) is 0 Å². The summed E-state index contributed by atoms with van der Waals surface area (Å²) in [7, 11) is 0. The van der Waals surface area contributed by atoms with Gasteiger partial charge in [-0.1, -0.05) is 6.07 Å². The van der Waals surface area contributed by atoms with Crippen LogP contribution in [0, 0.1) is 0 Å². The largest absolute Gasteiger partial charge is 0.479 e. The molecule has 0 aliphatic carbocycles. The Bertz CT molecular complexity index is 472. The molecular formula is C13H16O5S. The summed E-state index contributed by atoms with van der Waals surface area (Å²) < 4.78 is 4.80. The van der Waals surface area contributed by atoms with Gasteiger partial charge in [-0.25, -0.2) is 4.79 Å². The summed E-state index contributed by atoms with van der Waals surface area (Å²) in [5.74, 6) is -1.69. The first-order chi connectivity index (χ1) is 8.95. The molecule has 2 N–H and O–H groups in total. The van der Waals surface area contributed by atoms with Gasteiger partial charge >= 0.3 is 11.9 Å². The van der Waals surface area contributed by atoms with Crippen molar-refractivity contribution >= 4 is 24.6 Å². The van der Waals surface area contributed by atoms with Gasteiger partial charge in [0.25, 0.3) is 0 Å². The number of benzene rings is 1. The number of esters is 1. The van der Waals surface area contributed by atoms with Gasteiger partial charge in [0, 0.05) is 11.3 Å². The summed E-state index contributed by atoms with van der Waals surface area (Å²) in [6.07, 6.45) is -1.17. The number of aliphatic hydroxyl groups excluding tert-OH is 1. The molecule has 6 heteroatoms. The number of hydrogen-bond acceptors (Lipinski definition) is 5. The molecule has 0 amide bonds. The Morgan fingerprint density at radius 2 is 2.11 bits per heavy atom. The fourth-order valence-electron chi connectivity index (χ4n) is 1.67. The maximum Gasteiger partial charge on any atom is 0.337 e. The minimum absolute atomic E-state index is 0.138. The lowest BCUT2D eigenvalue weighted by Crippen LogP contribution is -2.14. The highest BCUT2D eigenvalue weighted by Gasteiger charge is 2.20. The van der Waals surface area contributed by atoms with E-state index in [1.807, 2.05) is 0 Å². The molecule has 19 heavy (non-hydrogen) atoms. The zero-order valence-electron chi connectivity index (χ0n) is 10.5. The number of thiol groups is 1. The van der Waals surface area contributed by atoms with E-state index in [1.54, 1.807) is 19.1 Å². The first-order valence-corrected chi connectivity index (χ1v) is 6.28. The number of carboxylic acids is 1. The van der Waals surface area contributed by atoms with Gasteiger partial charge in [-0.15, -0.1) is 12.6 Å². The highest BCUT2D eigenvalue weighted by atomic mass is 32.1. The van der Waals surface area contributed by atoms with Crippen molar-refractivity contribution in [2.45, 2.75) is 30.8 Å². The van der Waals surface area contributed by atoms with Crippen LogP contribution in [0.2, 0.25) is 0 Å². The minimum atomic E-state index is -1.62. The van der Waals surface area contributed by atoms with Crippen LogP contribution < -0.4 is 0 Å². The molecule has 0 spiro atoms. The van der Waals surface area contributed by atoms with Crippen molar-refractivity contribution in [2.75, 3.05) is 6.61 Å². The monoisotopic (exact) mass is 284 g/mol. The molecule has 0 fully saturated rings. The van der Waals surface area contributed by atoms with Gasteiger partial charge in [0.1, 0.15) is 0 Å². The number of rotatable bonds is 6. The smallest absolute Gasteiger partial charge is 0.337 e. The summed E-state index contributed by atoms with van der Waals surface area (Å²) in [5.41, 5.74) is 0.852. The lowest BCUT2D eigenvalue weighted by atomic mass is 9.98. The number of aliphatic carboxylic acids is 1. The molecule has 1 aromatic carbocycles. The van der Waals surface area contributed by atoms with Crippen molar-refractivity contribution in [3.63, 3.8) is 0 Å². The van der Waals surface area contributed by atoms with Gasteiger partial charge in [-0.3, -0.25) is 4.79 Å². The number of ether oxygens (including phenoxy) is 1. The molecule has 1 unspecified atom stereocenters. The van der Waals surface area contributed by atoms with Crippen LogP contribution in [0.15, 0.2) is 23.1 Å². The van der Waals surface area contributed by atoms with E-state index in [1.165, 1.54) is 6.07 Å². The summed E-state index contributed by atoms with van der Waals surface area (Å²) in [4.78, 5) is 22.7. The van der Waals surface area contributed by atoms with Gasteiger partial charge in [0.15, 0.2) is 6.10 Å². The molecular weight excluding hydrogens is 268 g/mol. The first kappa shape index (κ1) is 15.5. The highest BCUT2D eigenvalue weighted by Crippen LogP contribution is 2.23. The summed E-state index contributed by atoms with van der Waals surface area (Å²) in [5, 5.41) is 18.5. The fraction of sp³-hybridized carbons (Fsp3) is 0.385. The van der Waals surface area contributed by atoms with Crippen LogP contribution in [0.4, 0.5) is 0 Å². The van der Waals surface area contributed by atoms with Gasteiger partial charge < -0.3 is 14.9 Å². The third-order valence-corrected chi connectivity index (χ3v) is 2.84. The van der Waals surface area contributed by atoms with E-state index < -0.39 is 12.1 Å². The molecule has 1 aromatic rings. The zero-order valence-corrected chi connectivity index (χ0v) is 11.4. The van der Waals surface area contributed by atoms with E-state index in [0.29, 0.717) is 23.5 Å². The molecule has 0 radical (unpaired) electrons. The quantitative estimate of drug-likeness (QED) is 0.546. The molecule has 0 saturated carbocycles. The van der Waals surface area contributed by atoms with Crippen LogP contribution in [0.1, 0.15) is 30.6 Å². The van der Waals surface area contributed by atoms with Crippen molar-refractivity contribution in [3.05, 3.63) is 29.3 Å². The van der Waals surface area contributed by atoms with Gasteiger partial charge in [0.05, 0.1) is 6.61 Å². The molecule has 0 heterocycles. The standard InChI is InChI=1S/C13H16O5S/c1-2-18-11(14)6-4-8-3-5-9(19)7-10(8)12(15)13(16)17/h3,5,7,12,15,19H,2,4,6H2,1H3,(H,16,17). The first-order valence-electron chi connectivity index (χ1n) is 5.84. The maximum absolute atomic E-state index is 11.3.